The first-order valence-corrected chi connectivity index (χ1v) is 12.5. The summed E-state index contributed by atoms with van der Waals surface area (Å²) in [6.45, 7) is 5.22. The molecule has 0 aliphatic carbocycles. The van der Waals surface area contributed by atoms with E-state index in [9.17, 15) is 4.79 Å². The molecule has 3 aromatic rings. The van der Waals surface area contributed by atoms with Crippen LogP contribution >= 0.6 is 0 Å². The minimum Gasteiger partial charge on any atom is -0.446 e. The number of nitrogens with one attached hydrogen (secondary N) is 2. The third-order valence-electron chi connectivity index (χ3n) is 5.99. The average Bonchev–Trinajstić information content (AvgIpc) is 3.36. The Morgan fingerprint density at radius 1 is 1.03 bits per heavy atom. The van der Waals surface area contributed by atoms with Gasteiger partial charge in [-0.05, 0) is 25.5 Å². The average molecular weight is 471 g/mol. The molecule has 0 atom stereocenters. The van der Waals surface area contributed by atoms with E-state index in [1.165, 1.54) is 68.6 Å². The van der Waals surface area contributed by atoms with E-state index in [1.807, 2.05) is 37.3 Å². The van der Waals surface area contributed by atoms with Crippen LogP contribution < -0.4 is 16.0 Å². The van der Waals surface area contributed by atoms with Gasteiger partial charge in [-0.1, -0.05) is 82.9 Å². The zero-order valence-electron chi connectivity index (χ0n) is 20.5. The van der Waals surface area contributed by atoms with Gasteiger partial charge in [0.05, 0.1) is 6.61 Å². The highest BCUT2D eigenvalue weighted by Gasteiger charge is 2.19. The zero-order valence-corrected chi connectivity index (χ0v) is 20.5. The molecule has 186 valence electrons. The van der Waals surface area contributed by atoms with Crippen molar-refractivity contribution in [3.8, 4) is 5.75 Å². The van der Waals surface area contributed by atoms with Crippen LogP contribution in [0.25, 0.3) is 5.65 Å². The lowest BCUT2D eigenvalue weighted by Gasteiger charge is -2.07. The molecule has 8 nitrogen and oxygen atoms in total. The summed E-state index contributed by atoms with van der Waals surface area (Å²) in [6.07, 6.45) is 14.3. The Bertz CT molecular complexity index is 1050. The number of ether oxygens (including phenoxy) is 1. The van der Waals surface area contributed by atoms with Crippen molar-refractivity contribution in [3.05, 3.63) is 52.0 Å². The molecule has 2 heterocycles. The number of nitrogens with zero attached hydrogens (tertiary/aromatic N) is 2. The minimum atomic E-state index is -0.533. The fourth-order valence-electron chi connectivity index (χ4n) is 3.98. The maximum absolute atomic E-state index is 12.2. The minimum absolute atomic E-state index is 0.274. The SMILES string of the molecule is CCCCCCCCCCCCNOCc1c(C)c2[nH]oc(=O)n2c1/N=C/Oc1ccccc1. The molecule has 0 radical (unpaired) electrons. The standard InChI is InChI=1S/C26H38N4O4/c1-3-4-5-6-7-8-9-10-11-15-18-28-33-19-23-21(2)24-29-34-26(31)30(24)25(23)27-20-32-22-16-13-12-14-17-22/h12-14,16-17,20,28-29H,3-11,15,18-19H2,1-2H3/b27-20+. The van der Waals surface area contributed by atoms with Gasteiger partial charge in [0.25, 0.3) is 0 Å². The number of benzene rings is 1. The molecular weight excluding hydrogens is 432 g/mol. The highest BCUT2D eigenvalue weighted by Crippen LogP contribution is 2.28. The maximum atomic E-state index is 12.2. The van der Waals surface area contributed by atoms with E-state index < -0.39 is 5.76 Å². The number of H-pyrrole nitrogens is 1. The largest absolute Gasteiger partial charge is 0.446 e. The van der Waals surface area contributed by atoms with Crippen molar-refractivity contribution in [2.75, 3.05) is 6.54 Å². The van der Waals surface area contributed by atoms with E-state index >= 15 is 0 Å². The Balaban J connectivity index is 1.42. The Morgan fingerprint density at radius 3 is 2.41 bits per heavy atom. The molecule has 2 N–H and O–H groups in total. The number of aromatic nitrogens is 2. The lowest BCUT2D eigenvalue weighted by Crippen LogP contribution is -2.16. The van der Waals surface area contributed by atoms with Gasteiger partial charge in [0, 0.05) is 17.7 Å². The maximum Gasteiger partial charge on any atom is 0.445 e. The molecule has 8 heteroatoms. The summed E-state index contributed by atoms with van der Waals surface area (Å²) in [5, 5.41) is 2.66. The third kappa shape index (κ3) is 7.60. The lowest BCUT2D eigenvalue weighted by molar-refractivity contribution is 0.0272. The summed E-state index contributed by atoms with van der Waals surface area (Å²) in [7, 11) is 0. The molecule has 0 saturated heterocycles. The van der Waals surface area contributed by atoms with Gasteiger partial charge in [0.2, 0.25) is 0 Å². The molecule has 2 aromatic heterocycles. The number of unbranched alkanes of at least 4 members (excludes halogenated alkanes) is 9. The smallest absolute Gasteiger partial charge is 0.445 e. The monoisotopic (exact) mass is 470 g/mol. The topological polar surface area (TPSA) is 93.3 Å². The quantitative estimate of drug-likeness (QED) is 0.106. The molecule has 0 saturated carbocycles. The van der Waals surface area contributed by atoms with Gasteiger partial charge >= 0.3 is 5.76 Å². The van der Waals surface area contributed by atoms with Gasteiger partial charge < -0.3 is 9.26 Å². The highest BCUT2D eigenvalue weighted by molar-refractivity contribution is 5.67. The molecule has 3 rings (SSSR count). The van der Waals surface area contributed by atoms with Gasteiger partial charge in [0.15, 0.2) is 17.9 Å². The van der Waals surface area contributed by atoms with E-state index in [2.05, 4.69) is 22.6 Å². The second-order valence-electron chi connectivity index (χ2n) is 8.61. The fraction of sp³-hybridized carbons (Fsp3) is 0.538. The van der Waals surface area contributed by atoms with Crippen LogP contribution in [0.4, 0.5) is 5.82 Å². The Labute approximate surface area is 201 Å². The Morgan fingerprint density at radius 2 is 1.71 bits per heavy atom. The van der Waals surface area contributed by atoms with Crippen molar-refractivity contribution in [1.29, 1.82) is 0 Å². The fourth-order valence-corrected chi connectivity index (χ4v) is 3.98. The summed E-state index contributed by atoms with van der Waals surface area (Å²) >= 11 is 0. The molecule has 0 unspecified atom stereocenters. The highest BCUT2D eigenvalue weighted by atomic mass is 16.6. The number of aliphatic imine (C=N–C) groups is 1. The molecule has 0 aliphatic rings. The Hall–Kier alpha value is -2.84. The normalized spacial score (nSPS) is 11.7. The molecule has 0 aliphatic heterocycles. The predicted molar refractivity (Wildman–Crippen MR) is 135 cm³/mol. The van der Waals surface area contributed by atoms with Crippen molar-refractivity contribution >= 4 is 17.9 Å². The van der Waals surface area contributed by atoms with Gasteiger partial charge in [-0.15, -0.1) is 0 Å². The number of aryl methyl sites for hydroxylation is 1. The molecule has 0 bridgehead atoms. The van der Waals surface area contributed by atoms with Crippen molar-refractivity contribution in [1.82, 2.24) is 15.0 Å². The van der Waals surface area contributed by atoms with Crippen LogP contribution in [0, 0.1) is 6.92 Å². The molecule has 1 aromatic carbocycles. The number of fused-ring (bicyclic) bond motifs is 1. The van der Waals surface area contributed by atoms with Crippen LogP contribution in [0.2, 0.25) is 0 Å². The van der Waals surface area contributed by atoms with E-state index in [-0.39, 0.29) is 6.61 Å². The molecule has 0 fully saturated rings. The van der Waals surface area contributed by atoms with Crippen LogP contribution in [0.15, 0.2) is 44.6 Å². The summed E-state index contributed by atoms with van der Waals surface area (Å²) in [6, 6.07) is 9.33. The molecular formula is C26H38N4O4. The predicted octanol–water partition coefficient (Wildman–Crippen LogP) is 6.21. The zero-order chi connectivity index (χ0) is 24.0. The Kier molecular flexibility index (Phi) is 10.9. The van der Waals surface area contributed by atoms with Crippen LogP contribution in [0.1, 0.15) is 82.3 Å². The molecule has 0 spiro atoms. The molecule has 0 amide bonds. The summed E-state index contributed by atoms with van der Waals surface area (Å²) in [4.78, 5) is 22.3. The number of aromatic amines is 1. The number of para-hydroxylation sites is 1. The van der Waals surface area contributed by atoms with Gasteiger partial charge in [-0.25, -0.2) is 19.7 Å². The second kappa shape index (κ2) is 14.4. The van der Waals surface area contributed by atoms with Crippen molar-refractivity contribution in [2.24, 2.45) is 4.99 Å². The summed E-state index contributed by atoms with van der Waals surface area (Å²) in [5.41, 5.74) is 5.24. The van der Waals surface area contributed by atoms with Gasteiger partial charge in [0.1, 0.15) is 5.75 Å². The third-order valence-corrected chi connectivity index (χ3v) is 5.99. The van der Waals surface area contributed by atoms with Gasteiger partial charge in [-0.2, -0.15) is 5.16 Å². The van der Waals surface area contributed by atoms with Crippen molar-refractivity contribution in [2.45, 2.75) is 84.7 Å². The number of hydroxylamine groups is 1. The van der Waals surface area contributed by atoms with E-state index in [0.717, 1.165) is 24.1 Å². The van der Waals surface area contributed by atoms with Crippen LogP contribution in [0.5, 0.6) is 5.75 Å². The number of hydrogen-bond donors (Lipinski definition) is 2. The summed E-state index contributed by atoms with van der Waals surface area (Å²) in [5.74, 6) is 0.557. The lowest BCUT2D eigenvalue weighted by atomic mass is 10.1. The molecule has 34 heavy (non-hydrogen) atoms. The first-order valence-electron chi connectivity index (χ1n) is 12.5. The van der Waals surface area contributed by atoms with E-state index in [0.29, 0.717) is 17.2 Å². The van der Waals surface area contributed by atoms with E-state index in [1.54, 1.807) is 0 Å². The van der Waals surface area contributed by atoms with Gasteiger partial charge in [-0.3, -0.25) is 4.84 Å². The second-order valence-corrected chi connectivity index (χ2v) is 8.61. The summed E-state index contributed by atoms with van der Waals surface area (Å²) < 4.78 is 11.9. The van der Waals surface area contributed by atoms with Crippen LogP contribution in [-0.4, -0.2) is 22.5 Å². The van der Waals surface area contributed by atoms with Crippen molar-refractivity contribution in [3.63, 3.8) is 0 Å². The number of hydrogen-bond acceptors (Lipinski definition) is 6. The van der Waals surface area contributed by atoms with E-state index in [4.69, 9.17) is 14.1 Å². The number of rotatable bonds is 17. The first kappa shape index (κ1) is 25.8. The van der Waals surface area contributed by atoms with Crippen LogP contribution in [-0.2, 0) is 11.4 Å². The van der Waals surface area contributed by atoms with Crippen LogP contribution in [0.3, 0.4) is 0 Å². The van der Waals surface area contributed by atoms with Crippen molar-refractivity contribution < 1.29 is 14.1 Å². The first-order chi connectivity index (χ1) is 16.7.